The average molecular weight is 993 g/mol. The lowest BCUT2D eigenvalue weighted by Gasteiger charge is -2.29. The normalized spacial score (nSPS) is 14.7. The van der Waals surface area contributed by atoms with Crippen LogP contribution in [0.1, 0.15) is 108 Å². The van der Waals surface area contributed by atoms with E-state index in [2.05, 4.69) is 308 Å². The standard InChI is InChI=1S/C75H64N2/c1-49-19-15-17-25-71(49)76(55-21-11-9-12-22-55)57-35-41-63-61-39-33-53(45-67(61)74(5,6)69(63)47-57)29-27-51-31-37-59-60-38-32-52(44-66(60)73(3,4)65(59)43-51)28-30-54-34-40-62-64-42-36-58(48-70(64)75(7,8)68(62)46-54)77(56-23-13-10-14-24-56)72-26-18-16-20-50(72)2/h9-48H,1-8H3. The van der Waals surface area contributed by atoms with Gasteiger partial charge in [0.1, 0.15) is 0 Å². The zero-order valence-corrected chi connectivity index (χ0v) is 45.5. The maximum atomic E-state index is 2.42. The van der Waals surface area contributed by atoms with Crippen LogP contribution >= 0.6 is 0 Å². The highest BCUT2D eigenvalue weighted by Gasteiger charge is 2.39. The molecule has 0 fully saturated rings. The molecule has 2 heteroatoms. The molecule has 3 aliphatic rings. The summed E-state index contributed by atoms with van der Waals surface area (Å²) in [5.74, 6) is 0. The van der Waals surface area contributed by atoms with Crippen molar-refractivity contribution in [3.05, 3.63) is 285 Å². The highest BCUT2D eigenvalue weighted by molar-refractivity contribution is 5.90. The molecule has 0 saturated heterocycles. The van der Waals surface area contributed by atoms with Crippen molar-refractivity contribution in [2.45, 2.75) is 71.6 Å². The van der Waals surface area contributed by atoms with E-state index in [0.717, 1.165) is 11.4 Å². The van der Waals surface area contributed by atoms with Crippen LogP contribution in [0.3, 0.4) is 0 Å². The number of rotatable bonds is 10. The molecule has 374 valence electrons. The molecule has 0 unspecified atom stereocenters. The van der Waals surface area contributed by atoms with Crippen molar-refractivity contribution < 1.29 is 0 Å². The van der Waals surface area contributed by atoms with Gasteiger partial charge in [0.25, 0.3) is 0 Å². The minimum absolute atomic E-state index is 0.145. The zero-order valence-electron chi connectivity index (χ0n) is 45.5. The molecule has 0 atom stereocenters. The predicted molar refractivity (Wildman–Crippen MR) is 329 cm³/mol. The first-order chi connectivity index (χ1) is 37.3. The zero-order chi connectivity index (χ0) is 52.8. The summed E-state index contributed by atoms with van der Waals surface area (Å²) in [6, 6.07) is 81.0. The molecule has 0 bridgehead atoms. The number of hydrogen-bond acceptors (Lipinski definition) is 2. The van der Waals surface area contributed by atoms with Gasteiger partial charge in [-0.1, -0.05) is 224 Å². The summed E-state index contributed by atoms with van der Waals surface area (Å²) >= 11 is 0. The Kier molecular flexibility index (Phi) is 11.4. The molecule has 77 heavy (non-hydrogen) atoms. The monoisotopic (exact) mass is 993 g/mol. The Labute approximate surface area is 456 Å². The van der Waals surface area contributed by atoms with Crippen molar-refractivity contribution in [2.75, 3.05) is 9.80 Å². The molecule has 10 aromatic rings. The minimum Gasteiger partial charge on any atom is -0.310 e. The first-order valence-corrected chi connectivity index (χ1v) is 27.3. The lowest BCUT2D eigenvalue weighted by atomic mass is 9.81. The van der Waals surface area contributed by atoms with Crippen molar-refractivity contribution in [3.63, 3.8) is 0 Å². The Hall–Kier alpha value is -8.72. The molecule has 0 saturated carbocycles. The second-order valence-corrected chi connectivity index (χ2v) is 23.1. The number of nitrogens with zero attached hydrogens (tertiary/aromatic N) is 2. The van der Waals surface area contributed by atoms with Gasteiger partial charge in [-0.05, 0) is 175 Å². The van der Waals surface area contributed by atoms with Gasteiger partial charge in [0.05, 0.1) is 0 Å². The summed E-state index contributed by atoms with van der Waals surface area (Å²) in [6.07, 6.45) is 9.18. The molecular formula is C75H64N2. The Morgan fingerprint density at radius 3 is 0.818 bits per heavy atom. The van der Waals surface area contributed by atoms with Crippen molar-refractivity contribution in [2.24, 2.45) is 0 Å². The molecule has 2 nitrogen and oxygen atoms in total. The number of hydrogen-bond donors (Lipinski definition) is 0. The molecule has 13 rings (SSSR count). The first kappa shape index (κ1) is 48.0. The smallest absolute Gasteiger partial charge is 0.0490 e. The van der Waals surface area contributed by atoms with E-state index in [0.29, 0.717) is 0 Å². The third-order valence-corrected chi connectivity index (χ3v) is 17.3. The van der Waals surface area contributed by atoms with E-state index >= 15 is 0 Å². The van der Waals surface area contributed by atoms with Crippen LogP contribution in [0.15, 0.2) is 218 Å². The topological polar surface area (TPSA) is 6.48 Å². The summed E-state index contributed by atoms with van der Waals surface area (Å²) in [5, 5.41) is 0. The molecular weight excluding hydrogens is 929 g/mol. The minimum atomic E-state index is -0.166. The van der Waals surface area contributed by atoms with Crippen LogP contribution in [0.2, 0.25) is 0 Å². The lowest BCUT2D eigenvalue weighted by Crippen LogP contribution is -2.17. The summed E-state index contributed by atoms with van der Waals surface area (Å²) in [6.45, 7) is 18.7. The van der Waals surface area contributed by atoms with E-state index in [1.165, 1.54) is 123 Å². The van der Waals surface area contributed by atoms with Crippen LogP contribution in [0.4, 0.5) is 34.1 Å². The van der Waals surface area contributed by atoms with Gasteiger partial charge >= 0.3 is 0 Å². The highest BCUT2D eigenvalue weighted by atomic mass is 15.1. The fourth-order valence-electron chi connectivity index (χ4n) is 13.0. The third kappa shape index (κ3) is 8.00. The molecule has 0 aromatic heterocycles. The van der Waals surface area contributed by atoms with E-state index in [-0.39, 0.29) is 16.2 Å². The predicted octanol–water partition coefficient (Wildman–Crippen LogP) is 20.5. The van der Waals surface area contributed by atoms with E-state index in [1.807, 2.05) is 0 Å². The van der Waals surface area contributed by atoms with Gasteiger partial charge in [-0.15, -0.1) is 0 Å². The van der Waals surface area contributed by atoms with Crippen molar-refractivity contribution in [1.82, 2.24) is 0 Å². The van der Waals surface area contributed by atoms with Gasteiger partial charge in [0, 0.05) is 50.4 Å². The number of benzene rings is 10. The largest absolute Gasteiger partial charge is 0.310 e. The fourth-order valence-corrected chi connectivity index (χ4v) is 13.0. The van der Waals surface area contributed by atoms with Crippen LogP contribution < -0.4 is 9.80 Å². The van der Waals surface area contributed by atoms with E-state index in [9.17, 15) is 0 Å². The van der Waals surface area contributed by atoms with E-state index < -0.39 is 0 Å². The summed E-state index contributed by atoms with van der Waals surface area (Å²) in [7, 11) is 0. The maximum Gasteiger partial charge on any atom is 0.0490 e. The average Bonchev–Trinajstić information content (AvgIpc) is 4.07. The third-order valence-electron chi connectivity index (χ3n) is 17.3. The molecule has 0 radical (unpaired) electrons. The van der Waals surface area contributed by atoms with Crippen LogP contribution in [0.5, 0.6) is 0 Å². The maximum absolute atomic E-state index is 2.42. The Morgan fingerprint density at radius 1 is 0.260 bits per heavy atom. The van der Waals surface area contributed by atoms with Gasteiger partial charge < -0.3 is 9.80 Å². The van der Waals surface area contributed by atoms with Gasteiger partial charge in [0.2, 0.25) is 0 Å². The second kappa shape index (κ2) is 18.2. The van der Waals surface area contributed by atoms with Crippen molar-refractivity contribution in [3.8, 4) is 33.4 Å². The summed E-state index contributed by atoms with van der Waals surface area (Å²) < 4.78 is 0. The van der Waals surface area contributed by atoms with Crippen LogP contribution in [0.25, 0.3) is 57.7 Å². The number of para-hydroxylation sites is 4. The van der Waals surface area contributed by atoms with Crippen molar-refractivity contribution >= 4 is 58.4 Å². The summed E-state index contributed by atoms with van der Waals surface area (Å²) in [4.78, 5) is 4.79. The van der Waals surface area contributed by atoms with Crippen LogP contribution in [-0.4, -0.2) is 0 Å². The molecule has 3 aliphatic carbocycles. The second-order valence-electron chi connectivity index (χ2n) is 23.1. The molecule has 0 heterocycles. The molecule has 0 N–H and O–H groups in total. The quantitative estimate of drug-likeness (QED) is 0.126. The van der Waals surface area contributed by atoms with Gasteiger partial charge in [-0.25, -0.2) is 0 Å². The number of anilines is 6. The number of aryl methyl sites for hydroxylation is 2. The van der Waals surface area contributed by atoms with Crippen LogP contribution in [0, 0.1) is 13.8 Å². The van der Waals surface area contributed by atoms with E-state index in [1.54, 1.807) is 0 Å². The molecule has 10 aromatic carbocycles. The van der Waals surface area contributed by atoms with Crippen LogP contribution in [-0.2, 0) is 16.2 Å². The molecule has 0 aliphatic heterocycles. The SMILES string of the molecule is Cc1ccccc1N(c1ccccc1)c1ccc2c(c1)C(C)(C)c1cc(C=Cc3ccc4c(c3)C(C)(C)c3cc(C=Cc5ccc6c(c5)C(C)(C)c5cc(N(c7ccccc7)c7ccccc7C)ccc5-6)ccc3-4)ccc1-2. The summed E-state index contributed by atoms with van der Waals surface area (Å²) in [5.41, 5.74) is 30.1. The van der Waals surface area contributed by atoms with E-state index in [4.69, 9.17) is 0 Å². The molecule has 0 amide bonds. The van der Waals surface area contributed by atoms with Gasteiger partial charge in [0.15, 0.2) is 0 Å². The Morgan fingerprint density at radius 2 is 0.519 bits per heavy atom. The Balaban J connectivity index is 0.733. The van der Waals surface area contributed by atoms with Crippen molar-refractivity contribution in [1.29, 1.82) is 0 Å². The highest BCUT2D eigenvalue weighted by Crippen LogP contribution is 2.54. The molecule has 0 spiro atoms. The first-order valence-electron chi connectivity index (χ1n) is 27.3. The van der Waals surface area contributed by atoms with Gasteiger partial charge in [-0.2, -0.15) is 0 Å². The van der Waals surface area contributed by atoms with Gasteiger partial charge in [-0.3, -0.25) is 0 Å². The Bertz CT molecular complexity index is 3770. The lowest BCUT2D eigenvalue weighted by molar-refractivity contribution is 0.660. The fraction of sp³-hybridized carbons (Fsp3) is 0.147. The number of fused-ring (bicyclic) bond motifs is 9.